The second kappa shape index (κ2) is 6.78. The molecule has 0 radical (unpaired) electrons. The van der Waals surface area contributed by atoms with Gasteiger partial charge in [-0.25, -0.2) is 4.39 Å². The van der Waals surface area contributed by atoms with Crippen LogP contribution in [0.3, 0.4) is 0 Å². The zero-order valence-corrected chi connectivity index (χ0v) is 13.9. The summed E-state index contributed by atoms with van der Waals surface area (Å²) >= 11 is 0. The van der Waals surface area contributed by atoms with Gasteiger partial charge in [0.05, 0.1) is 5.69 Å². The predicted molar refractivity (Wildman–Crippen MR) is 88.3 cm³/mol. The highest BCUT2D eigenvalue weighted by Gasteiger charge is 2.36. The molecule has 1 N–H and O–H groups in total. The third-order valence-electron chi connectivity index (χ3n) is 5.25. The Morgan fingerprint density at radius 2 is 2.00 bits per heavy atom. The molecule has 0 bridgehead atoms. The van der Waals surface area contributed by atoms with E-state index in [0.29, 0.717) is 5.41 Å². The average Bonchev–Trinajstić information content (AvgIpc) is 2.92. The minimum Gasteiger partial charge on any atom is -0.368 e. The van der Waals surface area contributed by atoms with Crippen LogP contribution in [-0.2, 0) is 0 Å². The zero-order valence-electron chi connectivity index (χ0n) is 13.9. The van der Waals surface area contributed by atoms with Crippen LogP contribution in [0.15, 0.2) is 18.2 Å². The summed E-state index contributed by atoms with van der Waals surface area (Å²) in [5, 5.41) is 3.41. The number of anilines is 1. The quantitative estimate of drug-likeness (QED) is 0.829. The second-order valence-electron chi connectivity index (χ2n) is 6.34. The van der Waals surface area contributed by atoms with Crippen LogP contribution in [0.1, 0.15) is 58.6 Å². The van der Waals surface area contributed by atoms with Crippen molar-refractivity contribution in [1.82, 2.24) is 5.32 Å². The first-order chi connectivity index (χ1) is 10.1. The Kier molecular flexibility index (Phi) is 5.26. The van der Waals surface area contributed by atoms with E-state index in [4.69, 9.17) is 0 Å². The molecule has 1 saturated heterocycles. The number of hydrogen-bond acceptors (Lipinski definition) is 2. The molecule has 0 spiro atoms. The SMILES string of the molecule is CCNC(C)c1cccc(F)c1N1CCC(CC)(CC)C1. The first kappa shape index (κ1) is 16.3. The highest BCUT2D eigenvalue weighted by atomic mass is 19.1. The minimum atomic E-state index is -0.0831. The number of para-hydroxylation sites is 1. The lowest BCUT2D eigenvalue weighted by Gasteiger charge is -2.29. The number of nitrogens with zero attached hydrogens (tertiary/aromatic N) is 1. The fourth-order valence-corrected chi connectivity index (χ4v) is 3.58. The summed E-state index contributed by atoms with van der Waals surface area (Å²) < 4.78 is 14.5. The van der Waals surface area contributed by atoms with Crippen molar-refractivity contribution in [3.05, 3.63) is 29.6 Å². The van der Waals surface area contributed by atoms with Crippen LogP contribution >= 0.6 is 0 Å². The van der Waals surface area contributed by atoms with Gasteiger partial charge in [-0.05, 0) is 49.8 Å². The van der Waals surface area contributed by atoms with E-state index >= 15 is 0 Å². The van der Waals surface area contributed by atoms with E-state index in [1.165, 1.54) is 19.3 Å². The molecule has 3 heteroatoms. The van der Waals surface area contributed by atoms with Gasteiger partial charge in [-0.2, -0.15) is 0 Å². The van der Waals surface area contributed by atoms with Gasteiger partial charge in [-0.1, -0.05) is 32.9 Å². The molecule has 1 aromatic rings. The molecular weight excluding hydrogens is 263 g/mol. The largest absolute Gasteiger partial charge is 0.368 e. The van der Waals surface area contributed by atoms with Crippen molar-refractivity contribution >= 4 is 5.69 Å². The van der Waals surface area contributed by atoms with E-state index in [0.717, 1.165) is 30.9 Å². The Morgan fingerprint density at radius 1 is 1.29 bits per heavy atom. The van der Waals surface area contributed by atoms with Gasteiger partial charge in [0.2, 0.25) is 0 Å². The van der Waals surface area contributed by atoms with Gasteiger partial charge in [0, 0.05) is 19.1 Å². The Morgan fingerprint density at radius 3 is 2.57 bits per heavy atom. The third kappa shape index (κ3) is 3.23. The normalized spacial score (nSPS) is 19.0. The summed E-state index contributed by atoms with van der Waals surface area (Å²) in [6.45, 7) is 11.6. The van der Waals surface area contributed by atoms with Crippen molar-refractivity contribution in [2.45, 2.75) is 53.0 Å². The van der Waals surface area contributed by atoms with Gasteiger partial charge in [-0.3, -0.25) is 0 Å². The van der Waals surface area contributed by atoms with Crippen LogP contribution in [0, 0.1) is 11.2 Å². The molecule has 1 aliphatic rings. The lowest BCUT2D eigenvalue weighted by molar-refractivity contribution is 0.301. The predicted octanol–water partition coefficient (Wildman–Crippen LogP) is 4.51. The monoisotopic (exact) mass is 292 g/mol. The maximum Gasteiger partial charge on any atom is 0.146 e. The summed E-state index contributed by atoms with van der Waals surface area (Å²) in [7, 11) is 0. The van der Waals surface area contributed by atoms with Crippen molar-refractivity contribution in [1.29, 1.82) is 0 Å². The maximum atomic E-state index is 14.5. The van der Waals surface area contributed by atoms with Crippen LogP contribution < -0.4 is 10.2 Å². The Balaban J connectivity index is 2.32. The van der Waals surface area contributed by atoms with E-state index in [2.05, 4.69) is 44.0 Å². The van der Waals surface area contributed by atoms with Crippen molar-refractivity contribution < 1.29 is 4.39 Å². The lowest BCUT2D eigenvalue weighted by Crippen LogP contribution is -2.29. The first-order valence-corrected chi connectivity index (χ1v) is 8.33. The van der Waals surface area contributed by atoms with E-state index in [9.17, 15) is 4.39 Å². The summed E-state index contributed by atoms with van der Waals surface area (Å²) in [4.78, 5) is 2.27. The molecule has 0 saturated carbocycles. The minimum absolute atomic E-state index is 0.0831. The molecule has 21 heavy (non-hydrogen) atoms. The average molecular weight is 292 g/mol. The fourth-order valence-electron chi connectivity index (χ4n) is 3.58. The van der Waals surface area contributed by atoms with Gasteiger partial charge in [0.15, 0.2) is 0 Å². The van der Waals surface area contributed by atoms with Gasteiger partial charge in [0.1, 0.15) is 5.82 Å². The van der Waals surface area contributed by atoms with E-state index in [1.54, 1.807) is 6.07 Å². The molecule has 1 unspecified atom stereocenters. The Labute approximate surface area is 128 Å². The molecule has 1 atom stereocenters. The topological polar surface area (TPSA) is 15.3 Å². The summed E-state index contributed by atoms with van der Waals surface area (Å²) in [6, 6.07) is 5.66. The van der Waals surface area contributed by atoms with Gasteiger partial charge in [-0.15, -0.1) is 0 Å². The molecule has 2 rings (SSSR count). The van der Waals surface area contributed by atoms with E-state index in [1.807, 2.05) is 6.07 Å². The Bertz CT molecular complexity index is 468. The number of halogens is 1. The first-order valence-electron chi connectivity index (χ1n) is 8.33. The molecule has 2 nitrogen and oxygen atoms in total. The van der Waals surface area contributed by atoms with E-state index < -0.39 is 0 Å². The molecule has 1 aliphatic heterocycles. The molecule has 1 heterocycles. The number of benzene rings is 1. The van der Waals surface area contributed by atoms with E-state index in [-0.39, 0.29) is 11.9 Å². The van der Waals surface area contributed by atoms with Crippen LogP contribution in [0.4, 0.5) is 10.1 Å². The zero-order chi connectivity index (χ0) is 15.5. The van der Waals surface area contributed by atoms with Crippen LogP contribution in [0.2, 0.25) is 0 Å². The maximum absolute atomic E-state index is 14.5. The molecular formula is C18H29FN2. The molecule has 1 aromatic carbocycles. The smallest absolute Gasteiger partial charge is 0.146 e. The fraction of sp³-hybridized carbons (Fsp3) is 0.667. The molecule has 0 amide bonds. The standard InChI is InChI=1S/C18H29FN2/c1-5-18(6-2)11-12-21(13-18)17-15(14(4)20-7-3)9-8-10-16(17)19/h8-10,14,20H,5-7,11-13H2,1-4H3. The van der Waals surface area contributed by atoms with Gasteiger partial charge in [0.25, 0.3) is 0 Å². The van der Waals surface area contributed by atoms with Gasteiger partial charge >= 0.3 is 0 Å². The summed E-state index contributed by atoms with van der Waals surface area (Å²) in [6.07, 6.45) is 3.52. The third-order valence-corrected chi connectivity index (χ3v) is 5.25. The summed E-state index contributed by atoms with van der Waals surface area (Å²) in [5.41, 5.74) is 2.26. The molecule has 1 fully saturated rings. The lowest BCUT2D eigenvalue weighted by atomic mass is 9.82. The highest BCUT2D eigenvalue weighted by Crippen LogP contribution is 2.41. The second-order valence-corrected chi connectivity index (χ2v) is 6.34. The molecule has 0 aromatic heterocycles. The summed E-state index contributed by atoms with van der Waals surface area (Å²) in [5.74, 6) is -0.0831. The number of rotatable bonds is 6. The Hall–Kier alpha value is -1.09. The molecule has 118 valence electrons. The van der Waals surface area contributed by atoms with Gasteiger partial charge < -0.3 is 10.2 Å². The molecule has 0 aliphatic carbocycles. The van der Waals surface area contributed by atoms with Crippen LogP contribution in [-0.4, -0.2) is 19.6 Å². The number of hydrogen-bond donors (Lipinski definition) is 1. The highest BCUT2D eigenvalue weighted by molar-refractivity contribution is 5.57. The van der Waals surface area contributed by atoms with Crippen molar-refractivity contribution in [2.75, 3.05) is 24.5 Å². The van der Waals surface area contributed by atoms with Crippen LogP contribution in [0.5, 0.6) is 0 Å². The van der Waals surface area contributed by atoms with Crippen molar-refractivity contribution in [3.63, 3.8) is 0 Å². The van der Waals surface area contributed by atoms with Crippen LogP contribution in [0.25, 0.3) is 0 Å². The van der Waals surface area contributed by atoms with Crippen molar-refractivity contribution in [3.8, 4) is 0 Å². The van der Waals surface area contributed by atoms with Crippen molar-refractivity contribution in [2.24, 2.45) is 5.41 Å². The number of nitrogens with one attached hydrogen (secondary N) is 1.